The number of pyridine rings is 1. The van der Waals surface area contributed by atoms with Crippen LogP contribution in [-0.4, -0.2) is 46.0 Å². The van der Waals surface area contributed by atoms with E-state index in [2.05, 4.69) is 16.4 Å². The summed E-state index contributed by atoms with van der Waals surface area (Å²) in [5.74, 6) is -3.07. The molecule has 7 heteroatoms. The molecule has 1 unspecified atom stereocenters. The molecule has 32 heavy (non-hydrogen) atoms. The van der Waals surface area contributed by atoms with Gasteiger partial charge in [-0.05, 0) is 68.7 Å². The fourth-order valence-electron chi connectivity index (χ4n) is 5.00. The summed E-state index contributed by atoms with van der Waals surface area (Å²) in [7, 11) is 0. The number of carboxylic acid groups (broad SMARTS) is 1. The Kier molecular flexibility index (Phi) is 7.04. The molecule has 1 aromatic heterocycles. The Balaban J connectivity index is 1.35. The first kappa shape index (κ1) is 22.6. The zero-order valence-corrected chi connectivity index (χ0v) is 18.3. The summed E-state index contributed by atoms with van der Waals surface area (Å²) in [4.78, 5) is 18.1. The quantitative estimate of drug-likeness (QED) is 0.529. The normalized spacial score (nSPS) is 19.9. The van der Waals surface area contributed by atoms with E-state index in [0.29, 0.717) is 44.2 Å². The number of rotatable bonds is 9. The maximum Gasteiger partial charge on any atom is 0.325 e. The number of alkyl halides is 2. The molecule has 0 radical (unpaired) electrons. The number of unbranched alkanes of at least 4 members (excludes halogenated alkanes) is 1. The van der Waals surface area contributed by atoms with Gasteiger partial charge in [-0.25, -0.2) is 13.8 Å². The van der Waals surface area contributed by atoms with Crippen molar-refractivity contribution in [2.24, 2.45) is 0 Å². The van der Waals surface area contributed by atoms with Gasteiger partial charge < -0.3 is 10.4 Å². The molecule has 2 aliphatic rings. The highest BCUT2D eigenvalue weighted by Gasteiger charge is 2.48. The van der Waals surface area contributed by atoms with Gasteiger partial charge in [0.05, 0.1) is 6.04 Å². The second kappa shape index (κ2) is 9.94. The standard InChI is InChI=1S/C25H31F2N3O2/c26-25(27,15-5-4-11-20-14-13-19-10-6-16-28-23(19)29-20)21-12-7-17-30(21)22(24(31)32)18-8-2-1-3-9-18/h1-3,8-9,13-14,21-22H,4-7,10-12,15-17H2,(H,28,29)(H,31,32)/t21-,22?/m1/s1. The summed E-state index contributed by atoms with van der Waals surface area (Å²) >= 11 is 0. The minimum atomic E-state index is -2.93. The number of aliphatic carboxylic acids is 1. The van der Waals surface area contributed by atoms with Crippen LogP contribution in [0, 0.1) is 0 Å². The van der Waals surface area contributed by atoms with Crippen molar-refractivity contribution < 1.29 is 18.7 Å². The van der Waals surface area contributed by atoms with Crippen LogP contribution in [-0.2, 0) is 17.6 Å². The Morgan fingerprint density at radius 1 is 1.19 bits per heavy atom. The number of anilines is 1. The Bertz CT molecular complexity index is 923. The van der Waals surface area contributed by atoms with E-state index in [1.165, 1.54) is 10.5 Å². The van der Waals surface area contributed by atoms with Gasteiger partial charge in [0.25, 0.3) is 5.92 Å². The van der Waals surface area contributed by atoms with E-state index < -0.39 is 24.0 Å². The Morgan fingerprint density at radius 3 is 2.78 bits per heavy atom. The molecule has 1 aromatic carbocycles. The number of hydrogen-bond acceptors (Lipinski definition) is 4. The first-order valence-corrected chi connectivity index (χ1v) is 11.6. The molecule has 5 nitrogen and oxygen atoms in total. The number of likely N-dealkylation sites (tertiary alicyclic amines) is 1. The summed E-state index contributed by atoms with van der Waals surface area (Å²) in [6.07, 6.45) is 4.49. The fraction of sp³-hybridized carbons (Fsp3) is 0.520. The van der Waals surface area contributed by atoms with Crippen molar-refractivity contribution in [3.8, 4) is 0 Å². The van der Waals surface area contributed by atoms with E-state index in [1.807, 2.05) is 6.07 Å². The van der Waals surface area contributed by atoms with Crippen LogP contribution in [0.4, 0.5) is 14.6 Å². The van der Waals surface area contributed by atoms with Gasteiger partial charge in [-0.1, -0.05) is 36.4 Å². The van der Waals surface area contributed by atoms with Crippen LogP contribution < -0.4 is 5.32 Å². The van der Waals surface area contributed by atoms with Crippen LogP contribution in [0.1, 0.15) is 61.4 Å². The van der Waals surface area contributed by atoms with Crippen molar-refractivity contribution in [1.82, 2.24) is 9.88 Å². The summed E-state index contributed by atoms with van der Waals surface area (Å²) < 4.78 is 30.4. The highest BCUT2D eigenvalue weighted by molar-refractivity contribution is 5.75. The topological polar surface area (TPSA) is 65.5 Å². The zero-order valence-electron chi connectivity index (χ0n) is 18.3. The van der Waals surface area contributed by atoms with E-state index in [4.69, 9.17) is 0 Å². The van der Waals surface area contributed by atoms with Crippen molar-refractivity contribution in [2.75, 3.05) is 18.4 Å². The molecular weight excluding hydrogens is 412 g/mol. The lowest BCUT2D eigenvalue weighted by molar-refractivity contribution is -0.148. The molecule has 172 valence electrons. The number of nitrogens with zero attached hydrogens (tertiary/aromatic N) is 2. The number of fused-ring (bicyclic) bond motifs is 1. The van der Waals surface area contributed by atoms with Crippen molar-refractivity contribution in [3.05, 3.63) is 59.3 Å². The monoisotopic (exact) mass is 443 g/mol. The maximum atomic E-state index is 15.2. The number of hydrogen-bond donors (Lipinski definition) is 2. The average molecular weight is 444 g/mol. The molecule has 1 fully saturated rings. The third-order valence-electron chi connectivity index (χ3n) is 6.61. The second-order valence-electron chi connectivity index (χ2n) is 8.86. The Hall–Kier alpha value is -2.54. The molecular formula is C25H31F2N3O2. The molecule has 2 aromatic rings. The molecule has 2 N–H and O–H groups in total. The molecule has 3 heterocycles. The Labute approximate surface area is 187 Å². The van der Waals surface area contributed by atoms with Gasteiger partial charge in [-0.3, -0.25) is 9.69 Å². The molecule has 2 atom stereocenters. The summed E-state index contributed by atoms with van der Waals surface area (Å²) in [5, 5.41) is 13.1. The van der Waals surface area contributed by atoms with Crippen molar-refractivity contribution >= 4 is 11.8 Å². The van der Waals surface area contributed by atoms with E-state index in [0.717, 1.165) is 30.9 Å². The van der Waals surface area contributed by atoms with E-state index in [-0.39, 0.29) is 6.42 Å². The van der Waals surface area contributed by atoms with Crippen LogP contribution in [0.2, 0.25) is 0 Å². The van der Waals surface area contributed by atoms with Gasteiger partial charge in [-0.2, -0.15) is 0 Å². The Morgan fingerprint density at radius 2 is 2.00 bits per heavy atom. The summed E-state index contributed by atoms with van der Waals surface area (Å²) in [6, 6.07) is 10.7. The first-order chi connectivity index (χ1) is 15.5. The predicted octanol–water partition coefficient (Wildman–Crippen LogP) is 5.08. The smallest absolute Gasteiger partial charge is 0.325 e. The molecule has 1 saturated heterocycles. The van der Waals surface area contributed by atoms with Gasteiger partial charge in [-0.15, -0.1) is 0 Å². The molecule has 0 aliphatic carbocycles. The van der Waals surface area contributed by atoms with Gasteiger partial charge in [0.15, 0.2) is 0 Å². The molecule has 4 rings (SSSR count). The largest absolute Gasteiger partial charge is 0.480 e. The lowest BCUT2D eigenvalue weighted by Gasteiger charge is -2.35. The number of benzene rings is 1. The van der Waals surface area contributed by atoms with Crippen molar-refractivity contribution in [3.63, 3.8) is 0 Å². The molecule has 0 spiro atoms. The third kappa shape index (κ3) is 5.09. The van der Waals surface area contributed by atoms with Crippen molar-refractivity contribution in [1.29, 1.82) is 0 Å². The maximum absolute atomic E-state index is 15.2. The number of aromatic nitrogens is 1. The van der Waals surface area contributed by atoms with Gasteiger partial charge in [0, 0.05) is 18.7 Å². The third-order valence-corrected chi connectivity index (χ3v) is 6.61. The molecule has 0 amide bonds. The average Bonchev–Trinajstić information content (AvgIpc) is 3.27. The van der Waals surface area contributed by atoms with Crippen LogP contribution in [0.15, 0.2) is 42.5 Å². The number of halogens is 2. The van der Waals surface area contributed by atoms with Crippen molar-refractivity contribution in [2.45, 2.75) is 69.4 Å². The van der Waals surface area contributed by atoms with E-state index in [9.17, 15) is 9.90 Å². The predicted molar refractivity (Wildman–Crippen MR) is 120 cm³/mol. The lowest BCUT2D eigenvalue weighted by Crippen LogP contribution is -2.47. The zero-order chi connectivity index (χ0) is 22.6. The van der Waals surface area contributed by atoms with Crippen LogP contribution in [0.3, 0.4) is 0 Å². The molecule has 2 aliphatic heterocycles. The fourth-order valence-corrected chi connectivity index (χ4v) is 5.00. The van der Waals surface area contributed by atoms with Gasteiger partial charge in [0.2, 0.25) is 0 Å². The molecule has 0 bridgehead atoms. The van der Waals surface area contributed by atoms with E-state index >= 15 is 8.78 Å². The van der Waals surface area contributed by atoms with Gasteiger partial charge in [0.1, 0.15) is 11.9 Å². The summed E-state index contributed by atoms with van der Waals surface area (Å²) in [6.45, 7) is 1.30. The highest BCUT2D eigenvalue weighted by Crippen LogP contribution is 2.40. The van der Waals surface area contributed by atoms with Gasteiger partial charge >= 0.3 is 5.97 Å². The minimum absolute atomic E-state index is 0.238. The lowest BCUT2D eigenvalue weighted by atomic mass is 9.97. The SMILES string of the molecule is O=C(O)C(c1ccccc1)N1CCC[C@@H]1C(F)(F)CCCCc1ccc2c(n1)NCCC2. The number of carboxylic acids is 1. The van der Waals surface area contributed by atoms with E-state index in [1.54, 1.807) is 30.3 Å². The molecule has 0 saturated carbocycles. The van der Waals surface area contributed by atoms with Crippen LogP contribution >= 0.6 is 0 Å². The summed E-state index contributed by atoms with van der Waals surface area (Å²) in [5.41, 5.74) is 2.70. The number of aryl methyl sites for hydroxylation is 2. The first-order valence-electron chi connectivity index (χ1n) is 11.6. The number of carbonyl (C=O) groups is 1. The second-order valence-corrected chi connectivity index (χ2v) is 8.86. The van der Waals surface area contributed by atoms with Crippen LogP contribution in [0.5, 0.6) is 0 Å². The highest BCUT2D eigenvalue weighted by atomic mass is 19.3. The number of nitrogens with one attached hydrogen (secondary N) is 1. The van der Waals surface area contributed by atoms with Crippen LogP contribution in [0.25, 0.3) is 0 Å². The minimum Gasteiger partial charge on any atom is -0.480 e.